The topological polar surface area (TPSA) is 41.4 Å². The minimum atomic E-state index is -4.69. The second-order valence-electron chi connectivity index (χ2n) is 7.20. The van der Waals surface area contributed by atoms with Gasteiger partial charge in [0.25, 0.3) is 0 Å². The lowest BCUT2D eigenvalue weighted by Gasteiger charge is -2.36. The fraction of sp³-hybridized carbons (Fsp3) is 0.474. The van der Waals surface area contributed by atoms with Crippen LogP contribution in [-0.4, -0.2) is 51.7 Å². The third kappa shape index (κ3) is 4.73. The Morgan fingerprint density at radius 2 is 1.83 bits per heavy atom. The highest BCUT2D eigenvalue weighted by Crippen LogP contribution is 2.36. The quantitative estimate of drug-likeness (QED) is 0.620. The molecule has 2 aromatic rings. The van der Waals surface area contributed by atoms with Crippen molar-refractivity contribution >= 4 is 29.1 Å². The number of halogens is 6. The van der Waals surface area contributed by atoms with E-state index in [1.54, 1.807) is 11.0 Å². The van der Waals surface area contributed by atoms with Crippen LogP contribution in [0.15, 0.2) is 18.2 Å². The van der Waals surface area contributed by atoms with Crippen LogP contribution in [0.2, 0.25) is 10.0 Å². The van der Waals surface area contributed by atoms with Crippen LogP contribution in [0, 0.1) is 12.7 Å². The zero-order valence-electron chi connectivity index (χ0n) is 16.3. The summed E-state index contributed by atoms with van der Waals surface area (Å²) in [6, 6.07) is 3.30. The van der Waals surface area contributed by atoms with Crippen LogP contribution in [0.5, 0.6) is 0 Å². The van der Waals surface area contributed by atoms with E-state index in [-0.39, 0.29) is 11.6 Å². The van der Waals surface area contributed by atoms with Crippen molar-refractivity contribution < 1.29 is 22.4 Å². The molecule has 1 aliphatic heterocycles. The Morgan fingerprint density at radius 3 is 2.37 bits per heavy atom. The molecule has 0 N–H and O–H groups in total. The maximum absolute atomic E-state index is 13.2. The first-order valence-electron chi connectivity index (χ1n) is 9.26. The summed E-state index contributed by atoms with van der Waals surface area (Å²) < 4.78 is 53.3. The number of piperazine rings is 1. The van der Waals surface area contributed by atoms with Crippen LogP contribution in [0.1, 0.15) is 29.9 Å². The highest BCUT2D eigenvalue weighted by molar-refractivity contribution is 6.32. The summed E-state index contributed by atoms with van der Waals surface area (Å²) in [7, 11) is 0. The molecule has 0 bridgehead atoms. The number of carbonyl (C=O) groups is 1. The van der Waals surface area contributed by atoms with E-state index in [4.69, 9.17) is 23.2 Å². The highest BCUT2D eigenvalue weighted by Gasteiger charge is 2.39. The molecule has 5 nitrogen and oxygen atoms in total. The Hall–Kier alpha value is -1.84. The van der Waals surface area contributed by atoms with E-state index in [0.717, 1.165) is 10.2 Å². The second-order valence-corrected chi connectivity index (χ2v) is 7.99. The van der Waals surface area contributed by atoms with E-state index in [1.165, 1.54) is 26.0 Å². The van der Waals surface area contributed by atoms with Gasteiger partial charge in [0.15, 0.2) is 5.69 Å². The Bertz CT molecular complexity index is 939. The molecule has 3 rings (SSSR count). The normalized spacial score (nSPS) is 16.7. The zero-order chi connectivity index (χ0) is 22.2. The van der Waals surface area contributed by atoms with E-state index < -0.39 is 28.8 Å². The lowest BCUT2D eigenvalue weighted by atomic mass is 10.2. The molecule has 11 heteroatoms. The number of alkyl halides is 3. The average molecular weight is 467 g/mol. The van der Waals surface area contributed by atoms with Crippen molar-refractivity contribution in [3.05, 3.63) is 51.0 Å². The maximum Gasteiger partial charge on any atom is 0.436 e. The zero-order valence-corrected chi connectivity index (χ0v) is 17.8. The summed E-state index contributed by atoms with van der Waals surface area (Å²) in [5, 5.41) is 3.38. The minimum absolute atomic E-state index is 0.0921. The summed E-state index contributed by atoms with van der Waals surface area (Å²) in [5.41, 5.74) is -0.315. The first-order valence-corrected chi connectivity index (χ1v) is 10.0. The maximum atomic E-state index is 13.2. The van der Waals surface area contributed by atoms with Gasteiger partial charge in [0.2, 0.25) is 5.91 Å². The first-order chi connectivity index (χ1) is 14.0. The van der Waals surface area contributed by atoms with Crippen molar-refractivity contribution in [2.45, 2.75) is 32.6 Å². The number of rotatable bonds is 4. The molecule has 1 aromatic carbocycles. The summed E-state index contributed by atoms with van der Waals surface area (Å²) in [4.78, 5) is 16.5. The van der Waals surface area contributed by atoms with E-state index in [2.05, 4.69) is 10.00 Å². The number of carbonyl (C=O) groups excluding carboxylic acids is 1. The molecule has 30 heavy (non-hydrogen) atoms. The Morgan fingerprint density at radius 1 is 1.20 bits per heavy atom. The van der Waals surface area contributed by atoms with Gasteiger partial charge in [0.05, 0.1) is 10.7 Å². The van der Waals surface area contributed by atoms with Crippen LogP contribution in [0.4, 0.5) is 17.6 Å². The molecular weight excluding hydrogens is 447 g/mol. The van der Waals surface area contributed by atoms with Crippen LogP contribution in [0.3, 0.4) is 0 Å². The number of aromatic nitrogens is 2. The number of hydrogen-bond acceptors (Lipinski definition) is 3. The minimum Gasteiger partial charge on any atom is -0.338 e. The Labute approximate surface area is 181 Å². The molecule has 1 atom stereocenters. The van der Waals surface area contributed by atoms with Gasteiger partial charge in [-0.05, 0) is 31.5 Å². The van der Waals surface area contributed by atoms with E-state index in [1.807, 2.05) is 0 Å². The molecule has 1 saturated heterocycles. The molecule has 0 radical (unpaired) electrons. The van der Waals surface area contributed by atoms with Crippen LogP contribution in [-0.2, 0) is 17.5 Å². The van der Waals surface area contributed by atoms with Gasteiger partial charge in [-0.25, -0.2) is 4.39 Å². The predicted octanol–water partition coefficient (Wildman–Crippen LogP) is 4.56. The third-order valence-electron chi connectivity index (χ3n) is 5.16. The molecule has 1 amide bonds. The van der Waals surface area contributed by atoms with Crippen LogP contribution in [0.25, 0.3) is 0 Å². The molecule has 164 valence electrons. The summed E-state index contributed by atoms with van der Waals surface area (Å²) in [6.07, 6.45) is -4.69. The largest absolute Gasteiger partial charge is 0.436 e. The van der Waals surface area contributed by atoms with Gasteiger partial charge in [0, 0.05) is 37.7 Å². The molecule has 1 unspecified atom stereocenters. The van der Waals surface area contributed by atoms with Crippen molar-refractivity contribution in [1.82, 2.24) is 19.6 Å². The lowest BCUT2D eigenvalue weighted by molar-refractivity contribution is -0.142. The summed E-state index contributed by atoms with van der Waals surface area (Å²) >= 11 is 11.8. The monoisotopic (exact) mass is 466 g/mol. The van der Waals surface area contributed by atoms with Gasteiger partial charge in [-0.1, -0.05) is 29.3 Å². The SMILES string of the molecule is Cc1c(Cl)c(C(F)(F)F)nn1C(C)C(=O)N1CCN(Cc2ccc(F)cc2Cl)CC1. The van der Waals surface area contributed by atoms with Gasteiger partial charge < -0.3 is 4.90 Å². The number of nitrogens with zero attached hydrogens (tertiary/aromatic N) is 4. The highest BCUT2D eigenvalue weighted by atomic mass is 35.5. The summed E-state index contributed by atoms with van der Waals surface area (Å²) in [6.45, 7) is 5.34. The van der Waals surface area contributed by atoms with Crippen molar-refractivity contribution in [2.75, 3.05) is 26.2 Å². The molecule has 0 aliphatic carbocycles. The average Bonchev–Trinajstić information content (AvgIpc) is 2.99. The molecule has 0 saturated carbocycles. The molecule has 1 fully saturated rings. The van der Waals surface area contributed by atoms with Crippen molar-refractivity contribution in [3.63, 3.8) is 0 Å². The van der Waals surface area contributed by atoms with Crippen molar-refractivity contribution in [2.24, 2.45) is 0 Å². The van der Waals surface area contributed by atoms with Gasteiger partial charge >= 0.3 is 6.18 Å². The number of hydrogen-bond donors (Lipinski definition) is 0. The fourth-order valence-electron chi connectivity index (χ4n) is 3.44. The Balaban J connectivity index is 1.64. The van der Waals surface area contributed by atoms with E-state index in [9.17, 15) is 22.4 Å². The molecule has 2 heterocycles. The first kappa shape index (κ1) is 22.8. The van der Waals surface area contributed by atoms with Gasteiger partial charge in [0.1, 0.15) is 11.9 Å². The van der Waals surface area contributed by atoms with Gasteiger partial charge in [-0.2, -0.15) is 18.3 Å². The standard InChI is InChI=1S/C19H20Cl2F4N4O/c1-11-16(21)17(19(23,24)25)26-29(11)12(2)18(30)28-7-5-27(6-8-28)10-13-3-4-14(22)9-15(13)20/h3-4,9,12H,5-8,10H2,1-2H3. The van der Waals surface area contributed by atoms with E-state index >= 15 is 0 Å². The number of benzene rings is 1. The second kappa shape index (κ2) is 8.72. The van der Waals surface area contributed by atoms with Crippen LogP contribution >= 0.6 is 23.2 Å². The summed E-state index contributed by atoms with van der Waals surface area (Å²) in [5.74, 6) is -0.735. The van der Waals surface area contributed by atoms with Gasteiger partial charge in [-0.3, -0.25) is 14.4 Å². The van der Waals surface area contributed by atoms with Gasteiger partial charge in [-0.15, -0.1) is 0 Å². The smallest absolute Gasteiger partial charge is 0.338 e. The van der Waals surface area contributed by atoms with Crippen LogP contribution < -0.4 is 0 Å². The Kier molecular flexibility index (Phi) is 6.64. The van der Waals surface area contributed by atoms with Crippen molar-refractivity contribution in [3.8, 4) is 0 Å². The molecule has 1 aliphatic rings. The fourth-order valence-corrected chi connectivity index (χ4v) is 3.90. The number of amides is 1. The predicted molar refractivity (Wildman–Crippen MR) is 105 cm³/mol. The lowest BCUT2D eigenvalue weighted by Crippen LogP contribution is -2.50. The molecule has 1 aromatic heterocycles. The van der Waals surface area contributed by atoms with Crippen molar-refractivity contribution in [1.29, 1.82) is 0 Å². The molecule has 0 spiro atoms. The van der Waals surface area contributed by atoms with E-state index in [0.29, 0.717) is 37.7 Å². The third-order valence-corrected chi connectivity index (χ3v) is 5.97. The molecular formula is C19H20Cl2F4N4O.